The van der Waals surface area contributed by atoms with Crippen molar-refractivity contribution in [1.82, 2.24) is 9.78 Å². The van der Waals surface area contributed by atoms with Crippen LogP contribution >= 0.6 is 0 Å². The first-order valence-electron chi connectivity index (χ1n) is 8.96. The molecule has 1 amide bonds. The normalized spacial score (nSPS) is 10.5. The molecular weight excluding hydrogens is 374 g/mol. The average molecular weight is 395 g/mol. The zero-order valence-corrected chi connectivity index (χ0v) is 15.9. The first kappa shape index (κ1) is 20.0. The smallest absolute Gasteiger partial charge is 0.293 e. The fraction of sp³-hybridized carbons (Fsp3) is 0.200. The third-order valence-corrected chi connectivity index (χ3v) is 4.19. The van der Waals surface area contributed by atoms with Crippen LogP contribution in [0.5, 0.6) is 0 Å². The molecule has 0 saturated heterocycles. The number of benzene rings is 2. The van der Waals surface area contributed by atoms with Crippen molar-refractivity contribution in [2.45, 2.75) is 6.54 Å². The molecule has 0 atom stereocenters. The van der Waals surface area contributed by atoms with Gasteiger partial charge in [-0.1, -0.05) is 12.1 Å². The first-order valence-corrected chi connectivity index (χ1v) is 8.96. The summed E-state index contributed by atoms with van der Waals surface area (Å²) >= 11 is 0. The Bertz CT molecular complexity index is 971. The van der Waals surface area contributed by atoms with Crippen molar-refractivity contribution in [3.63, 3.8) is 0 Å². The van der Waals surface area contributed by atoms with Gasteiger partial charge in [0, 0.05) is 43.4 Å². The molecule has 0 aliphatic carbocycles. The second-order valence-electron chi connectivity index (χ2n) is 6.26. The number of nitro groups is 1. The summed E-state index contributed by atoms with van der Waals surface area (Å²) in [5.74, 6) is -0.420. The molecule has 150 valence electrons. The minimum absolute atomic E-state index is 0.164. The lowest BCUT2D eigenvalue weighted by molar-refractivity contribution is -0.384. The summed E-state index contributed by atoms with van der Waals surface area (Å²) in [5.41, 5.74) is 2.02. The van der Waals surface area contributed by atoms with Crippen LogP contribution in [0.15, 0.2) is 60.9 Å². The van der Waals surface area contributed by atoms with Gasteiger partial charge in [0.25, 0.3) is 11.6 Å². The summed E-state index contributed by atoms with van der Waals surface area (Å²) in [5, 5.41) is 21.2. The molecule has 0 aliphatic heterocycles. The van der Waals surface area contributed by atoms with Gasteiger partial charge in [-0.15, -0.1) is 0 Å². The molecule has 1 aromatic heterocycles. The predicted molar refractivity (Wildman–Crippen MR) is 109 cm³/mol. The number of methoxy groups -OCH3 is 1. The Balaban J connectivity index is 1.68. The van der Waals surface area contributed by atoms with E-state index in [9.17, 15) is 14.9 Å². The fourth-order valence-electron chi connectivity index (χ4n) is 2.74. The summed E-state index contributed by atoms with van der Waals surface area (Å²) in [6.07, 6.45) is 3.59. The highest BCUT2D eigenvalue weighted by Crippen LogP contribution is 2.26. The Morgan fingerprint density at radius 2 is 2.03 bits per heavy atom. The van der Waals surface area contributed by atoms with Gasteiger partial charge in [-0.25, -0.2) is 0 Å². The molecule has 0 unspecified atom stereocenters. The molecule has 3 aromatic rings. The molecule has 0 bridgehead atoms. The molecular formula is C20H21N5O4. The van der Waals surface area contributed by atoms with Crippen molar-refractivity contribution in [3.05, 3.63) is 82.2 Å². The molecule has 1 heterocycles. The third-order valence-electron chi connectivity index (χ3n) is 4.19. The number of hydrogen-bond acceptors (Lipinski definition) is 6. The topological polar surface area (TPSA) is 111 Å². The van der Waals surface area contributed by atoms with Crippen LogP contribution in [0.25, 0.3) is 0 Å². The van der Waals surface area contributed by atoms with Crippen LogP contribution in [-0.2, 0) is 11.3 Å². The largest absolute Gasteiger partial charge is 0.383 e. The third kappa shape index (κ3) is 5.39. The average Bonchev–Trinajstić information content (AvgIpc) is 3.22. The van der Waals surface area contributed by atoms with Gasteiger partial charge in [-0.2, -0.15) is 5.10 Å². The highest BCUT2D eigenvalue weighted by molar-refractivity contribution is 6.05. The summed E-state index contributed by atoms with van der Waals surface area (Å²) in [6, 6.07) is 13.5. The van der Waals surface area contributed by atoms with Crippen LogP contribution in [0.1, 0.15) is 15.9 Å². The molecule has 2 aromatic carbocycles. The van der Waals surface area contributed by atoms with E-state index < -0.39 is 10.8 Å². The summed E-state index contributed by atoms with van der Waals surface area (Å²) < 4.78 is 6.73. The van der Waals surface area contributed by atoms with Crippen LogP contribution in [0.2, 0.25) is 0 Å². The van der Waals surface area contributed by atoms with Gasteiger partial charge >= 0.3 is 0 Å². The van der Waals surface area contributed by atoms with Gasteiger partial charge < -0.3 is 15.4 Å². The summed E-state index contributed by atoms with van der Waals surface area (Å²) in [7, 11) is 1.55. The molecule has 2 N–H and O–H groups in total. The number of anilines is 2. The van der Waals surface area contributed by atoms with E-state index in [-0.39, 0.29) is 11.3 Å². The van der Waals surface area contributed by atoms with Crippen molar-refractivity contribution in [2.75, 3.05) is 30.9 Å². The van der Waals surface area contributed by atoms with Gasteiger partial charge in [-0.05, 0) is 35.9 Å². The standard InChI is InChI=1S/C20H21N5O4/c1-29-12-10-21-18-8-5-16(13-19(18)25(27)28)20(26)23-17-6-3-15(4-7-17)14-24-11-2-9-22-24/h2-9,11,13,21H,10,12,14H2,1H3,(H,23,26). The van der Waals surface area contributed by atoms with Crippen molar-refractivity contribution in [3.8, 4) is 0 Å². The van der Waals surface area contributed by atoms with Gasteiger partial charge in [0.2, 0.25) is 0 Å². The minimum atomic E-state index is -0.518. The Kier molecular flexibility index (Phi) is 6.54. The fourth-order valence-corrected chi connectivity index (χ4v) is 2.74. The van der Waals surface area contributed by atoms with Gasteiger partial charge in [-0.3, -0.25) is 19.6 Å². The molecule has 0 fully saturated rings. The lowest BCUT2D eigenvalue weighted by Gasteiger charge is -2.09. The van der Waals surface area contributed by atoms with Crippen LogP contribution in [0.4, 0.5) is 17.1 Å². The predicted octanol–water partition coefficient (Wildman–Crippen LogP) is 3.15. The van der Waals surface area contributed by atoms with Crippen LogP contribution in [0.3, 0.4) is 0 Å². The molecule has 0 saturated carbocycles. The number of amides is 1. The number of hydrogen-bond donors (Lipinski definition) is 2. The van der Waals surface area contributed by atoms with E-state index in [1.54, 1.807) is 36.2 Å². The van der Waals surface area contributed by atoms with E-state index in [2.05, 4.69) is 15.7 Å². The Hall–Kier alpha value is -3.72. The number of nitrogens with zero attached hydrogens (tertiary/aromatic N) is 3. The van der Waals surface area contributed by atoms with E-state index in [4.69, 9.17) is 4.74 Å². The Morgan fingerprint density at radius 3 is 2.69 bits per heavy atom. The highest BCUT2D eigenvalue weighted by atomic mass is 16.6. The Labute approximate surface area is 167 Å². The van der Waals surface area contributed by atoms with Gasteiger partial charge in [0.1, 0.15) is 5.69 Å². The van der Waals surface area contributed by atoms with Crippen molar-refractivity contribution in [2.24, 2.45) is 0 Å². The van der Waals surface area contributed by atoms with E-state index in [1.807, 2.05) is 24.4 Å². The molecule has 0 radical (unpaired) electrons. The first-order chi connectivity index (χ1) is 14.1. The van der Waals surface area contributed by atoms with E-state index in [0.717, 1.165) is 5.56 Å². The molecule has 3 rings (SSSR count). The van der Waals surface area contributed by atoms with Crippen LogP contribution in [0, 0.1) is 10.1 Å². The quantitative estimate of drug-likeness (QED) is 0.327. The minimum Gasteiger partial charge on any atom is -0.383 e. The van der Waals surface area contributed by atoms with Crippen LogP contribution in [-0.4, -0.2) is 40.9 Å². The monoisotopic (exact) mass is 395 g/mol. The maximum atomic E-state index is 12.5. The zero-order valence-electron chi connectivity index (χ0n) is 15.9. The number of aromatic nitrogens is 2. The summed E-state index contributed by atoms with van der Waals surface area (Å²) in [6.45, 7) is 1.47. The number of nitro benzene ring substituents is 1. The molecule has 0 spiro atoms. The lowest BCUT2D eigenvalue weighted by Crippen LogP contribution is -2.14. The summed E-state index contributed by atoms with van der Waals surface area (Å²) in [4.78, 5) is 23.3. The number of rotatable bonds is 9. The number of nitrogens with one attached hydrogen (secondary N) is 2. The SMILES string of the molecule is COCCNc1ccc(C(=O)Nc2ccc(Cn3cccn3)cc2)cc1[N+](=O)[O-]. The highest BCUT2D eigenvalue weighted by Gasteiger charge is 2.17. The van der Waals surface area contributed by atoms with Crippen molar-refractivity contribution < 1.29 is 14.5 Å². The van der Waals surface area contributed by atoms with Crippen molar-refractivity contribution >= 4 is 23.0 Å². The van der Waals surface area contributed by atoms with Gasteiger partial charge in [0.15, 0.2) is 0 Å². The molecule has 9 nitrogen and oxygen atoms in total. The van der Waals surface area contributed by atoms with Crippen molar-refractivity contribution in [1.29, 1.82) is 0 Å². The molecule has 0 aliphatic rings. The van der Waals surface area contributed by atoms with E-state index in [1.165, 1.54) is 12.1 Å². The van der Waals surface area contributed by atoms with Gasteiger partial charge in [0.05, 0.1) is 18.1 Å². The second kappa shape index (κ2) is 9.47. The van der Waals surface area contributed by atoms with E-state index >= 15 is 0 Å². The maximum absolute atomic E-state index is 12.5. The maximum Gasteiger partial charge on any atom is 0.293 e. The molecule has 9 heteroatoms. The number of carbonyl (C=O) groups excluding carboxylic acids is 1. The number of ether oxygens (including phenoxy) is 1. The lowest BCUT2D eigenvalue weighted by atomic mass is 10.1. The van der Waals surface area contributed by atoms with Crippen LogP contribution < -0.4 is 10.6 Å². The number of carbonyl (C=O) groups is 1. The van der Waals surface area contributed by atoms with E-state index in [0.29, 0.717) is 31.1 Å². The Morgan fingerprint density at radius 1 is 1.24 bits per heavy atom. The molecule has 29 heavy (non-hydrogen) atoms. The second-order valence-corrected chi connectivity index (χ2v) is 6.26. The zero-order chi connectivity index (χ0) is 20.6.